The van der Waals surface area contributed by atoms with E-state index in [-0.39, 0.29) is 0 Å². The molecular weight excluding hydrogens is 572 g/mol. The lowest BCUT2D eigenvalue weighted by Crippen LogP contribution is -2.32. The minimum atomic E-state index is 0.565. The fraction of sp³-hybridized carbons (Fsp3) is 0.812. The van der Waals surface area contributed by atoms with Crippen LogP contribution < -0.4 is 0 Å². The minimum Gasteiger partial charge on any atom is -0.378 e. The highest BCUT2D eigenvalue weighted by Gasteiger charge is 2.10. The Morgan fingerprint density at radius 2 is 0.477 bits per heavy atom. The van der Waals surface area contributed by atoms with Crippen molar-refractivity contribution in [3.05, 3.63) is 35.4 Å². The molecule has 0 saturated carbocycles. The summed E-state index contributed by atoms with van der Waals surface area (Å²) in [5, 5.41) is 0. The van der Waals surface area contributed by atoms with Gasteiger partial charge < -0.3 is 47.4 Å². The Bertz CT molecular complexity index is 677. The van der Waals surface area contributed by atoms with Crippen LogP contribution in [0.4, 0.5) is 0 Å². The van der Waals surface area contributed by atoms with Crippen LogP contribution in [0.5, 0.6) is 0 Å². The van der Waals surface area contributed by atoms with E-state index in [0.717, 1.165) is 39.3 Å². The molecule has 2 fully saturated rings. The van der Waals surface area contributed by atoms with Crippen LogP contribution in [0.3, 0.4) is 0 Å². The monoisotopic (exact) mass is 628 g/mol. The van der Waals surface area contributed by atoms with Crippen LogP contribution in [-0.4, -0.2) is 168 Å². The Labute approximate surface area is 264 Å². The van der Waals surface area contributed by atoms with Crippen molar-refractivity contribution in [3.8, 4) is 0 Å². The van der Waals surface area contributed by atoms with Gasteiger partial charge in [0.1, 0.15) is 0 Å². The van der Waals surface area contributed by atoms with Crippen LogP contribution in [0.2, 0.25) is 0 Å². The number of benzene rings is 1. The van der Waals surface area contributed by atoms with Gasteiger partial charge in [-0.2, -0.15) is 0 Å². The van der Waals surface area contributed by atoms with E-state index >= 15 is 0 Å². The maximum absolute atomic E-state index is 5.82. The molecule has 0 bridgehead atoms. The van der Waals surface area contributed by atoms with E-state index in [2.05, 4.69) is 34.1 Å². The zero-order valence-electron chi connectivity index (χ0n) is 26.7. The Kier molecular flexibility index (Phi) is 22.8. The number of nitrogens with zero attached hydrogens (tertiary/aromatic N) is 2. The molecule has 2 heterocycles. The number of ether oxygens (including phenoxy) is 10. The Hall–Kier alpha value is -1.26. The van der Waals surface area contributed by atoms with Gasteiger partial charge in [0.15, 0.2) is 0 Å². The largest absolute Gasteiger partial charge is 0.378 e. The predicted molar refractivity (Wildman–Crippen MR) is 165 cm³/mol. The second-order valence-corrected chi connectivity index (χ2v) is 10.5. The predicted octanol–water partition coefficient (Wildman–Crippen LogP) is 1.48. The lowest BCUT2D eigenvalue weighted by atomic mass is 10.1. The van der Waals surface area contributed by atoms with Crippen molar-refractivity contribution in [2.75, 3.05) is 158 Å². The van der Waals surface area contributed by atoms with Gasteiger partial charge in [0.2, 0.25) is 0 Å². The van der Waals surface area contributed by atoms with Gasteiger partial charge in [0.25, 0.3) is 0 Å². The molecule has 1 aromatic carbocycles. The topological polar surface area (TPSA) is 98.8 Å². The molecule has 12 heteroatoms. The zero-order valence-corrected chi connectivity index (χ0v) is 26.7. The summed E-state index contributed by atoms with van der Waals surface area (Å²) >= 11 is 0. The third-order valence-corrected chi connectivity index (χ3v) is 7.02. The smallest absolute Gasteiger partial charge is 0.0701 e. The zero-order chi connectivity index (χ0) is 30.6. The summed E-state index contributed by atoms with van der Waals surface area (Å²) in [7, 11) is 0. The van der Waals surface area contributed by atoms with Crippen molar-refractivity contribution in [3.63, 3.8) is 0 Å². The average molecular weight is 629 g/mol. The molecule has 0 radical (unpaired) electrons. The van der Waals surface area contributed by atoms with Crippen molar-refractivity contribution < 1.29 is 47.4 Å². The molecule has 0 aromatic heterocycles. The third-order valence-electron chi connectivity index (χ3n) is 7.02. The number of hydrogen-bond acceptors (Lipinski definition) is 12. The lowest BCUT2D eigenvalue weighted by molar-refractivity contribution is -0.0190. The van der Waals surface area contributed by atoms with E-state index in [1.165, 1.54) is 11.1 Å². The summed E-state index contributed by atoms with van der Waals surface area (Å²) in [6, 6.07) is 8.89. The molecule has 0 aliphatic carbocycles. The van der Waals surface area contributed by atoms with E-state index in [9.17, 15) is 0 Å². The molecular formula is C32H56N2O10. The van der Waals surface area contributed by atoms with Crippen LogP contribution in [-0.2, 0) is 60.5 Å². The van der Waals surface area contributed by atoms with Gasteiger partial charge in [-0.3, -0.25) is 9.80 Å². The molecule has 0 atom stereocenters. The summed E-state index contributed by atoms with van der Waals surface area (Å²) in [6.45, 7) is 16.6. The first kappa shape index (κ1) is 37.2. The van der Waals surface area contributed by atoms with E-state index in [0.29, 0.717) is 132 Å². The molecule has 0 N–H and O–H groups in total. The van der Waals surface area contributed by atoms with Gasteiger partial charge in [-0.05, 0) is 11.1 Å². The van der Waals surface area contributed by atoms with E-state index in [4.69, 9.17) is 47.4 Å². The van der Waals surface area contributed by atoms with Crippen molar-refractivity contribution in [2.24, 2.45) is 0 Å². The summed E-state index contributed by atoms with van der Waals surface area (Å²) in [6.07, 6.45) is 0. The molecule has 12 nitrogen and oxygen atoms in total. The van der Waals surface area contributed by atoms with Crippen molar-refractivity contribution in [2.45, 2.75) is 13.1 Å². The summed E-state index contributed by atoms with van der Waals surface area (Å²) in [5.41, 5.74) is 2.53. The second-order valence-electron chi connectivity index (χ2n) is 10.5. The minimum absolute atomic E-state index is 0.565. The lowest BCUT2D eigenvalue weighted by Gasteiger charge is -2.24. The first-order valence-corrected chi connectivity index (χ1v) is 16.2. The number of rotatable bonds is 4. The Balaban J connectivity index is 1.44. The molecule has 2 aliphatic rings. The molecule has 254 valence electrons. The molecule has 2 aliphatic heterocycles. The summed E-state index contributed by atoms with van der Waals surface area (Å²) < 4.78 is 56.5. The molecule has 0 unspecified atom stereocenters. The quantitative estimate of drug-likeness (QED) is 0.483. The maximum Gasteiger partial charge on any atom is 0.0701 e. The number of hydrogen-bond donors (Lipinski definition) is 0. The van der Waals surface area contributed by atoms with E-state index < -0.39 is 0 Å². The van der Waals surface area contributed by atoms with Gasteiger partial charge in [-0.15, -0.1) is 0 Å². The fourth-order valence-corrected chi connectivity index (χ4v) is 4.54. The molecule has 0 amide bonds. The fourth-order valence-electron chi connectivity index (χ4n) is 4.54. The summed E-state index contributed by atoms with van der Waals surface area (Å²) in [4.78, 5) is 4.75. The van der Waals surface area contributed by atoms with Gasteiger partial charge in [-0.25, -0.2) is 0 Å². The molecule has 44 heavy (non-hydrogen) atoms. The highest BCUT2D eigenvalue weighted by atomic mass is 16.6. The highest BCUT2D eigenvalue weighted by Crippen LogP contribution is 2.11. The van der Waals surface area contributed by atoms with Crippen LogP contribution in [0, 0.1) is 0 Å². The van der Waals surface area contributed by atoms with Crippen LogP contribution in [0.1, 0.15) is 11.1 Å². The highest BCUT2D eigenvalue weighted by molar-refractivity contribution is 5.22. The normalized spacial score (nSPS) is 23.1. The Morgan fingerprint density at radius 1 is 0.295 bits per heavy atom. The first-order valence-electron chi connectivity index (χ1n) is 16.2. The summed E-state index contributed by atoms with van der Waals surface area (Å²) in [5.74, 6) is 0. The van der Waals surface area contributed by atoms with Gasteiger partial charge in [-0.1, -0.05) is 24.3 Å². The van der Waals surface area contributed by atoms with Crippen LogP contribution in [0.25, 0.3) is 0 Å². The van der Waals surface area contributed by atoms with E-state index in [1.807, 2.05) is 0 Å². The maximum atomic E-state index is 5.82. The molecule has 2 saturated heterocycles. The van der Waals surface area contributed by atoms with Crippen LogP contribution >= 0.6 is 0 Å². The van der Waals surface area contributed by atoms with Crippen molar-refractivity contribution in [1.29, 1.82) is 0 Å². The van der Waals surface area contributed by atoms with Gasteiger partial charge in [0.05, 0.1) is 132 Å². The van der Waals surface area contributed by atoms with Gasteiger partial charge >= 0.3 is 0 Å². The molecule has 3 rings (SSSR count). The average Bonchev–Trinajstić information content (AvgIpc) is 3.03. The van der Waals surface area contributed by atoms with E-state index in [1.54, 1.807) is 0 Å². The van der Waals surface area contributed by atoms with Gasteiger partial charge in [0, 0.05) is 39.3 Å². The molecule has 1 aromatic rings. The SMILES string of the molecule is c1cc(CN2CCOCCOCCOCCOCCOCC2)ccc1CN1CCOCCOCCOCCOCCOCC1. The van der Waals surface area contributed by atoms with Crippen LogP contribution in [0.15, 0.2) is 24.3 Å². The molecule has 0 spiro atoms. The second kappa shape index (κ2) is 26.9. The third kappa shape index (κ3) is 20.0. The first-order chi connectivity index (χ1) is 21.9. The standard InChI is InChI=1S/C32H56N2O10/c1-2-32(30-34-7-11-37-15-19-41-23-27-44-28-24-42-20-16-38-12-8-34)4-3-31(1)29-33-5-9-35-13-17-39-21-25-43-26-22-40-18-14-36-10-6-33/h1-4H,5-30H2. The Morgan fingerprint density at radius 3 is 0.682 bits per heavy atom. The van der Waals surface area contributed by atoms with Crippen molar-refractivity contribution >= 4 is 0 Å². The van der Waals surface area contributed by atoms with Crippen molar-refractivity contribution in [1.82, 2.24) is 9.80 Å².